The molecule has 3 nitrogen and oxygen atoms in total. The fraction of sp³-hybridized carbons (Fsp3) is 0.267. The second-order valence-corrected chi connectivity index (χ2v) is 5.14. The fourth-order valence-corrected chi connectivity index (χ4v) is 2.20. The van der Waals surface area contributed by atoms with E-state index in [9.17, 15) is 0 Å². The lowest BCUT2D eigenvalue weighted by atomic mass is 10.1. The number of pyridine rings is 1. The zero-order valence-electron chi connectivity index (χ0n) is 11.2. The smallest absolute Gasteiger partial charge is 0.123 e. The van der Waals surface area contributed by atoms with Crippen LogP contribution >= 0.6 is 11.6 Å². The Kier molecular flexibility index (Phi) is 4.40. The summed E-state index contributed by atoms with van der Waals surface area (Å²) in [6.07, 6.45) is 0. The second kappa shape index (κ2) is 6.04. The Labute approximate surface area is 119 Å². The van der Waals surface area contributed by atoms with Crippen LogP contribution < -0.4 is 5.73 Å². The van der Waals surface area contributed by atoms with Crippen LogP contribution in [0, 0.1) is 0 Å². The molecule has 1 heterocycles. The number of hydrogen-bond donors (Lipinski definition) is 1. The Morgan fingerprint density at radius 2 is 2.00 bits per heavy atom. The van der Waals surface area contributed by atoms with E-state index < -0.39 is 0 Å². The van der Waals surface area contributed by atoms with E-state index in [1.807, 2.05) is 30.3 Å². The molecule has 0 fully saturated rings. The van der Waals surface area contributed by atoms with E-state index in [1.165, 1.54) is 5.56 Å². The van der Waals surface area contributed by atoms with Crippen molar-refractivity contribution in [2.24, 2.45) is 0 Å². The van der Waals surface area contributed by atoms with Gasteiger partial charge in [-0.2, -0.15) is 0 Å². The molecule has 2 rings (SSSR count). The highest BCUT2D eigenvalue weighted by Gasteiger charge is 2.12. The van der Waals surface area contributed by atoms with Gasteiger partial charge in [0.1, 0.15) is 5.82 Å². The van der Waals surface area contributed by atoms with E-state index in [-0.39, 0.29) is 6.04 Å². The standard InChI is InChI=1S/C15H18ClN3/c1-11(12-5-3-6-13(16)9-12)19(2)10-14-7-4-8-15(17)18-14/h3-9,11H,10H2,1-2H3,(H2,17,18). The maximum absolute atomic E-state index is 6.03. The van der Waals surface area contributed by atoms with Crippen molar-refractivity contribution in [3.05, 3.63) is 58.7 Å². The number of rotatable bonds is 4. The molecular formula is C15H18ClN3. The predicted molar refractivity (Wildman–Crippen MR) is 80.0 cm³/mol. The largest absolute Gasteiger partial charge is 0.384 e. The van der Waals surface area contributed by atoms with Crippen LogP contribution in [0.15, 0.2) is 42.5 Å². The summed E-state index contributed by atoms with van der Waals surface area (Å²) in [5.41, 5.74) is 7.86. The van der Waals surface area contributed by atoms with Crippen molar-refractivity contribution in [1.29, 1.82) is 0 Å². The first kappa shape index (κ1) is 13.8. The molecule has 19 heavy (non-hydrogen) atoms. The van der Waals surface area contributed by atoms with Gasteiger partial charge in [0.2, 0.25) is 0 Å². The third-order valence-corrected chi connectivity index (χ3v) is 3.47. The summed E-state index contributed by atoms with van der Waals surface area (Å²) in [7, 11) is 2.07. The molecule has 1 aromatic carbocycles. The highest BCUT2D eigenvalue weighted by atomic mass is 35.5. The topological polar surface area (TPSA) is 42.1 Å². The molecule has 2 aromatic rings. The molecular weight excluding hydrogens is 258 g/mol. The van der Waals surface area contributed by atoms with Gasteiger partial charge in [0.15, 0.2) is 0 Å². The summed E-state index contributed by atoms with van der Waals surface area (Å²) in [5.74, 6) is 0.557. The SMILES string of the molecule is CC(c1cccc(Cl)c1)N(C)Cc1cccc(N)n1. The van der Waals surface area contributed by atoms with Crippen LogP contribution in [0.3, 0.4) is 0 Å². The first-order valence-corrected chi connectivity index (χ1v) is 6.61. The summed E-state index contributed by atoms with van der Waals surface area (Å²) in [6.45, 7) is 2.90. The molecule has 1 unspecified atom stereocenters. The van der Waals surface area contributed by atoms with E-state index in [1.54, 1.807) is 6.07 Å². The molecule has 0 saturated carbocycles. The number of nitrogens with two attached hydrogens (primary N) is 1. The molecule has 0 aliphatic heterocycles. The molecule has 0 bridgehead atoms. The first-order chi connectivity index (χ1) is 9.06. The van der Waals surface area contributed by atoms with Gasteiger partial charge < -0.3 is 5.73 Å². The minimum atomic E-state index is 0.266. The second-order valence-electron chi connectivity index (χ2n) is 4.70. The summed E-state index contributed by atoms with van der Waals surface area (Å²) in [6, 6.07) is 13.9. The third kappa shape index (κ3) is 3.69. The number of anilines is 1. The van der Waals surface area contributed by atoms with Gasteiger partial charge in [-0.25, -0.2) is 4.98 Å². The van der Waals surface area contributed by atoms with E-state index in [0.717, 1.165) is 17.3 Å². The Balaban J connectivity index is 2.09. The lowest BCUT2D eigenvalue weighted by Gasteiger charge is -2.25. The average molecular weight is 276 g/mol. The fourth-order valence-electron chi connectivity index (χ4n) is 2.00. The molecule has 0 aliphatic carbocycles. The van der Waals surface area contributed by atoms with Gasteiger partial charge in [-0.05, 0) is 43.8 Å². The van der Waals surface area contributed by atoms with Crippen molar-refractivity contribution in [3.63, 3.8) is 0 Å². The number of halogens is 1. The lowest BCUT2D eigenvalue weighted by molar-refractivity contribution is 0.250. The third-order valence-electron chi connectivity index (χ3n) is 3.23. The summed E-state index contributed by atoms with van der Waals surface area (Å²) < 4.78 is 0. The summed E-state index contributed by atoms with van der Waals surface area (Å²) in [5, 5.41) is 0.764. The number of hydrogen-bond acceptors (Lipinski definition) is 3. The quantitative estimate of drug-likeness (QED) is 0.928. The van der Waals surface area contributed by atoms with E-state index in [4.69, 9.17) is 17.3 Å². The zero-order valence-corrected chi connectivity index (χ0v) is 11.9. The molecule has 1 aromatic heterocycles. The molecule has 1 atom stereocenters. The number of aromatic nitrogens is 1. The number of benzene rings is 1. The van der Waals surface area contributed by atoms with Crippen LogP contribution in [0.4, 0.5) is 5.82 Å². The molecule has 0 aliphatic rings. The highest BCUT2D eigenvalue weighted by molar-refractivity contribution is 6.30. The van der Waals surface area contributed by atoms with Gasteiger partial charge in [-0.3, -0.25) is 4.90 Å². The van der Waals surface area contributed by atoms with Gasteiger partial charge in [-0.15, -0.1) is 0 Å². The summed E-state index contributed by atoms with van der Waals surface area (Å²) >= 11 is 6.03. The van der Waals surface area contributed by atoms with Crippen molar-refractivity contribution < 1.29 is 0 Å². The molecule has 4 heteroatoms. The molecule has 0 spiro atoms. The Morgan fingerprint density at radius 3 is 2.68 bits per heavy atom. The summed E-state index contributed by atoms with van der Waals surface area (Å²) in [4.78, 5) is 6.53. The van der Waals surface area contributed by atoms with Crippen LogP contribution in [0.1, 0.15) is 24.2 Å². The minimum Gasteiger partial charge on any atom is -0.384 e. The maximum atomic E-state index is 6.03. The predicted octanol–water partition coefficient (Wildman–Crippen LogP) is 3.51. The number of nitrogens with zero attached hydrogens (tertiary/aromatic N) is 2. The minimum absolute atomic E-state index is 0.266. The Bertz CT molecular complexity index is 557. The zero-order chi connectivity index (χ0) is 13.8. The van der Waals surface area contributed by atoms with Crippen molar-refractivity contribution in [2.45, 2.75) is 19.5 Å². The van der Waals surface area contributed by atoms with E-state index >= 15 is 0 Å². The van der Waals surface area contributed by atoms with E-state index in [2.05, 4.69) is 29.9 Å². The Hall–Kier alpha value is -1.58. The van der Waals surface area contributed by atoms with Crippen molar-refractivity contribution in [2.75, 3.05) is 12.8 Å². The maximum Gasteiger partial charge on any atom is 0.123 e. The monoisotopic (exact) mass is 275 g/mol. The van der Waals surface area contributed by atoms with Crippen molar-refractivity contribution >= 4 is 17.4 Å². The first-order valence-electron chi connectivity index (χ1n) is 6.23. The Morgan fingerprint density at radius 1 is 1.26 bits per heavy atom. The van der Waals surface area contributed by atoms with Crippen LogP contribution in [-0.4, -0.2) is 16.9 Å². The van der Waals surface area contributed by atoms with Crippen LogP contribution in [0.25, 0.3) is 0 Å². The molecule has 2 N–H and O–H groups in total. The van der Waals surface area contributed by atoms with Crippen LogP contribution in [0.2, 0.25) is 5.02 Å². The van der Waals surface area contributed by atoms with E-state index in [0.29, 0.717) is 5.82 Å². The molecule has 0 amide bonds. The van der Waals surface area contributed by atoms with Crippen LogP contribution in [0.5, 0.6) is 0 Å². The van der Waals surface area contributed by atoms with Gasteiger partial charge in [0.25, 0.3) is 0 Å². The molecule has 100 valence electrons. The molecule has 0 radical (unpaired) electrons. The lowest BCUT2D eigenvalue weighted by Crippen LogP contribution is -2.22. The van der Waals surface area contributed by atoms with Crippen LogP contribution in [-0.2, 0) is 6.54 Å². The van der Waals surface area contributed by atoms with Crippen molar-refractivity contribution in [3.8, 4) is 0 Å². The van der Waals surface area contributed by atoms with Gasteiger partial charge in [0.05, 0.1) is 5.69 Å². The van der Waals surface area contributed by atoms with Crippen molar-refractivity contribution in [1.82, 2.24) is 9.88 Å². The number of nitrogen functional groups attached to an aromatic ring is 1. The molecule has 0 saturated heterocycles. The van der Waals surface area contributed by atoms with Gasteiger partial charge in [0, 0.05) is 17.6 Å². The van der Waals surface area contributed by atoms with Gasteiger partial charge in [-0.1, -0.05) is 29.8 Å². The normalized spacial score (nSPS) is 12.6. The average Bonchev–Trinajstić information content (AvgIpc) is 2.38. The highest BCUT2D eigenvalue weighted by Crippen LogP contribution is 2.23. The van der Waals surface area contributed by atoms with Gasteiger partial charge >= 0.3 is 0 Å².